The Morgan fingerprint density at radius 2 is 1.48 bits per heavy atom. The minimum absolute atomic E-state index is 0.00600. The molecule has 1 aromatic carbocycles. The molecule has 2 aromatic rings. The average Bonchev–Trinajstić information content (AvgIpc) is 3.90. The van der Waals surface area contributed by atoms with Crippen molar-refractivity contribution in [3.8, 4) is 11.8 Å². The van der Waals surface area contributed by atoms with Gasteiger partial charge in [0.05, 0.1) is 54.4 Å². The Hall–Kier alpha value is -5.00. The average molecular weight is 939 g/mol. The number of amides is 5. The van der Waals surface area contributed by atoms with Crippen molar-refractivity contribution in [2.75, 3.05) is 41.9 Å². The number of rotatable bonds is 27. The van der Waals surface area contributed by atoms with E-state index in [4.69, 9.17) is 9.47 Å². The second-order valence-corrected chi connectivity index (χ2v) is 19.1. The van der Waals surface area contributed by atoms with Crippen molar-refractivity contribution in [1.82, 2.24) is 35.3 Å². The van der Waals surface area contributed by atoms with Crippen LogP contribution in [0.5, 0.6) is 11.8 Å². The second-order valence-electron chi connectivity index (χ2n) is 19.1. The molecule has 1 aliphatic rings. The highest BCUT2D eigenvalue weighted by Crippen LogP contribution is 2.30. The fraction of sp³-hybridized carbons (Fsp3) is 0.680. The summed E-state index contributed by atoms with van der Waals surface area (Å²) in [6.45, 7) is 16.3. The Morgan fingerprint density at radius 3 is 2.03 bits per heavy atom. The third kappa shape index (κ3) is 15.5. The van der Waals surface area contributed by atoms with Crippen LogP contribution in [0.2, 0.25) is 0 Å². The summed E-state index contributed by atoms with van der Waals surface area (Å²) in [5.74, 6) is -2.16. The monoisotopic (exact) mass is 939 g/mol. The Kier molecular flexibility index (Phi) is 22.8. The summed E-state index contributed by atoms with van der Waals surface area (Å²) in [7, 11) is 8.52. The van der Waals surface area contributed by atoms with Crippen molar-refractivity contribution in [1.29, 1.82) is 0 Å². The number of hydrazone groups is 1. The number of unbranched alkanes of at least 4 members (excludes halogenated alkanes) is 2. The van der Waals surface area contributed by atoms with Gasteiger partial charge in [0, 0.05) is 52.9 Å². The van der Waals surface area contributed by atoms with Gasteiger partial charge in [-0.05, 0) is 70.0 Å². The van der Waals surface area contributed by atoms with Crippen molar-refractivity contribution in [2.24, 2.45) is 28.8 Å². The molecule has 5 amide bonds. The molecule has 0 unspecified atom stereocenters. The summed E-state index contributed by atoms with van der Waals surface area (Å²) in [5.41, 5.74) is 3.83. The maximum absolute atomic E-state index is 14.4. The molecule has 0 bridgehead atoms. The van der Waals surface area contributed by atoms with Gasteiger partial charge in [-0.25, -0.2) is 5.43 Å². The molecule has 67 heavy (non-hydrogen) atoms. The summed E-state index contributed by atoms with van der Waals surface area (Å²) >= 11 is 0. The van der Waals surface area contributed by atoms with Gasteiger partial charge in [0.2, 0.25) is 29.5 Å². The molecule has 1 aliphatic heterocycles. The normalized spacial score (nSPS) is 17.9. The lowest BCUT2D eigenvalue weighted by molar-refractivity contribution is -0.148. The number of carbonyl (C=O) groups is 5. The van der Waals surface area contributed by atoms with E-state index in [2.05, 4.69) is 21.2 Å². The van der Waals surface area contributed by atoms with Crippen molar-refractivity contribution in [3.05, 3.63) is 48.0 Å². The first-order valence-corrected chi connectivity index (χ1v) is 24.1. The minimum Gasteiger partial charge on any atom is -0.494 e. The topological polar surface area (TPSA) is 207 Å². The number of aromatic hydroxyl groups is 2. The van der Waals surface area contributed by atoms with Crippen molar-refractivity contribution < 1.29 is 43.7 Å². The molecule has 5 N–H and O–H groups in total. The van der Waals surface area contributed by atoms with Crippen LogP contribution in [0.15, 0.2) is 47.6 Å². The zero-order chi connectivity index (χ0) is 50.1. The van der Waals surface area contributed by atoms with Gasteiger partial charge in [-0.15, -0.1) is 0 Å². The van der Waals surface area contributed by atoms with Crippen LogP contribution in [-0.4, -0.2) is 149 Å². The first-order valence-electron chi connectivity index (χ1n) is 24.1. The molecule has 0 saturated carbocycles. The van der Waals surface area contributed by atoms with Crippen LogP contribution < -0.4 is 16.1 Å². The van der Waals surface area contributed by atoms with E-state index in [0.717, 1.165) is 12.0 Å². The summed E-state index contributed by atoms with van der Waals surface area (Å²) in [6.07, 6.45) is 2.88. The molecular weight excluding hydrogens is 857 g/mol. The molecule has 0 aliphatic carbocycles. The molecule has 17 nitrogen and oxygen atoms in total. The van der Waals surface area contributed by atoms with Crippen LogP contribution in [0, 0.1) is 23.7 Å². The molecule has 3 rings (SSSR count). The highest BCUT2D eigenvalue weighted by Gasteiger charge is 2.43. The van der Waals surface area contributed by atoms with Crippen LogP contribution in [0.3, 0.4) is 0 Å². The molecule has 0 spiro atoms. The minimum atomic E-state index is -0.787. The fourth-order valence-electron chi connectivity index (χ4n) is 9.43. The Morgan fingerprint density at radius 1 is 0.836 bits per heavy atom. The first kappa shape index (κ1) is 56.3. The Balaban J connectivity index is 1.72. The number of nitrogens with zero attached hydrogens (tertiary/aromatic N) is 5. The van der Waals surface area contributed by atoms with Crippen LogP contribution in [-0.2, 0) is 40.0 Å². The molecule has 2 heterocycles. The standard InChI is InChI=1S/C50H82N8O9/c1-14-33(6)46(56(11)50(65)43(31(2)3)52-49(64)45(32(4)5)55(9)10)38(66-12)30-42(62)57-29-21-24-37(57)47(67-13)34(7)48(63)51-35(8)44(36-22-17-15-18-23-36)54-53-39(59)25-19-16-20-28-58-40(60)26-27-41(58)61/h15,17-18,22-23,26-27,31-35,37-38,43,45-47,60-61H,14,16,19-21,24-25,28-30H2,1-13H3,(H,51,63)(H,52,64)(H,53,59)/t33-,34+,35+,37-,38+,43-,45-,46-,47+/m0/s1. The third-order valence-electron chi connectivity index (χ3n) is 13.3. The van der Waals surface area contributed by atoms with E-state index in [9.17, 15) is 34.2 Å². The Labute approximate surface area is 399 Å². The lowest BCUT2D eigenvalue weighted by atomic mass is 9.89. The van der Waals surface area contributed by atoms with E-state index in [-0.39, 0.29) is 71.9 Å². The van der Waals surface area contributed by atoms with Gasteiger partial charge in [0.1, 0.15) is 6.04 Å². The zero-order valence-corrected chi connectivity index (χ0v) is 42.5. The van der Waals surface area contributed by atoms with Gasteiger partial charge in [0.15, 0.2) is 11.8 Å². The number of nitrogens with one attached hydrogen (secondary N) is 3. The number of benzene rings is 1. The Bertz CT molecular complexity index is 1890. The lowest BCUT2D eigenvalue weighted by Gasteiger charge is -2.41. The number of methoxy groups -OCH3 is 2. The van der Waals surface area contributed by atoms with Crippen LogP contribution >= 0.6 is 0 Å². The second kappa shape index (κ2) is 27.1. The van der Waals surface area contributed by atoms with Gasteiger partial charge >= 0.3 is 0 Å². The van der Waals surface area contributed by atoms with Crippen molar-refractivity contribution in [2.45, 2.75) is 156 Å². The number of likely N-dealkylation sites (tertiary alicyclic amines) is 1. The van der Waals surface area contributed by atoms with E-state index in [1.165, 1.54) is 16.7 Å². The highest BCUT2D eigenvalue weighted by molar-refractivity contribution is 6.06. The predicted octanol–water partition coefficient (Wildman–Crippen LogP) is 5.13. The molecule has 1 saturated heterocycles. The zero-order valence-electron chi connectivity index (χ0n) is 42.5. The molecule has 376 valence electrons. The number of ether oxygens (including phenoxy) is 2. The predicted molar refractivity (Wildman–Crippen MR) is 260 cm³/mol. The van der Waals surface area contributed by atoms with Gasteiger partial charge in [0.25, 0.3) is 0 Å². The molecule has 9 atom stereocenters. The molecule has 1 fully saturated rings. The molecule has 0 radical (unpaired) electrons. The van der Waals surface area contributed by atoms with E-state index >= 15 is 0 Å². The summed E-state index contributed by atoms with van der Waals surface area (Å²) in [5, 5.41) is 30.3. The van der Waals surface area contributed by atoms with E-state index in [1.54, 1.807) is 44.9 Å². The smallest absolute Gasteiger partial charge is 0.245 e. The van der Waals surface area contributed by atoms with E-state index in [1.807, 2.05) is 90.9 Å². The number of hydrogen-bond donors (Lipinski definition) is 5. The summed E-state index contributed by atoms with van der Waals surface area (Å²) in [4.78, 5) is 74.5. The lowest BCUT2D eigenvalue weighted by Crippen LogP contribution is -2.59. The summed E-state index contributed by atoms with van der Waals surface area (Å²) in [6, 6.07) is 9.42. The van der Waals surface area contributed by atoms with Crippen LogP contribution in [0.4, 0.5) is 0 Å². The van der Waals surface area contributed by atoms with Crippen molar-refractivity contribution in [3.63, 3.8) is 0 Å². The number of hydrogen-bond acceptors (Lipinski definition) is 11. The van der Waals surface area contributed by atoms with Crippen LogP contribution in [0.1, 0.15) is 112 Å². The SMILES string of the molecule is CC[C@H](C)[C@@H]([C@@H](CC(=O)N1CCC[C@H]1[C@H](OC)[C@@H](C)C(=O)N[C@H](C)C(=NNC(=O)CCCCCn1c(O)ccc1O)c1ccccc1)OC)N(C)C(=O)[C@@H](NC(=O)[C@H](C(C)C)N(C)C)C(C)C. The van der Waals surface area contributed by atoms with Gasteiger partial charge in [-0.1, -0.05) is 91.6 Å². The van der Waals surface area contributed by atoms with Gasteiger partial charge in [-0.3, -0.25) is 33.4 Å². The maximum atomic E-state index is 14.4. The van der Waals surface area contributed by atoms with E-state index in [0.29, 0.717) is 50.9 Å². The number of carbonyl (C=O) groups excluding carboxylic acids is 5. The van der Waals surface area contributed by atoms with E-state index < -0.39 is 48.3 Å². The largest absolute Gasteiger partial charge is 0.494 e. The first-order chi connectivity index (χ1) is 31.7. The maximum Gasteiger partial charge on any atom is 0.245 e. The molecule has 17 heteroatoms. The fourth-order valence-corrected chi connectivity index (χ4v) is 9.43. The number of likely N-dealkylation sites (N-methyl/N-ethyl adjacent to an activating group) is 2. The summed E-state index contributed by atoms with van der Waals surface area (Å²) < 4.78 is 13.5. The van der Waals surface area contributed by atoms with Gasteiger partial charge < -0.3 is 40.1 Å². The van der Waals surface area contributed by atoms with Crippen LogP contribution in [0.25, 0.3) is 0 Å². The quantitative estimate of drug-likeness (QED) is 0.0454. The van der Waals surface area contributed by atoms with Gasteiger partial charge in [-0.2, -0.15) is 5.10 Å². The third-order valence-corrected chi connectivity index (χ3v) is 13.3. The highest BCUT2D eigenvalue weighted by atomic mass is 16.5. The number of aromatic nitrogens is 1. The van der Waals surface area contributed by atoms with Crippen molar-refractivity contribution >= 4 is 35.2 Å². The molecular formula is C50H82N8O9. The molecule has 1 aromatic heterocycles.